The van der Waals surface area contributed by atoms with Crippen molar-refractivity contribution >= 4 is 29.2 Å². The number of hydrogen-bond acceptors (Lipinski definition) is 4. The topological polar surface area (TPSA) is 58.5 Å². The smallest absolute Gasteiger partial charge is 0.266 e. The van der Waals surface area contributed by atoms with Gasteiger partial charge in [0, 0.05) is 25.3 Å². The predicted molar refractivity (Wildman–Crippen MR) is 91.2 cm³/mol. The monoisotopic (exact) mass is 334 g/mol. The van der Waals surface area contributed by atoms with E-state index in [1.165, 1.54) is 6.42 Å². The van der Waals surface area contributed by atoms with Gasteiger partial charge in [0.05, 0.1) is 11.6 Å². The maximum absolute atomic E-state index is 12.9. The molecule has 1 amide bonds. The molecule has 1 aromatic carbocycles. The Kier molecular flexibility index (Phi) is 5.13. The number of oxazole rings is 1. The zero-order valence-electron chi connectivity index (χ0n) is 13.3. The largest absolute Gasteiger partial charge is 0.429 e. The molecule has 5 nitrogen and oxygen atoms in total. The highest BCUT2D eigenvalue weighted by molar-refractivity contribution is 7.71. The molecule has 6 heteroatoms. The molecule has 1 fully saturated rings. The Morgan fingerprint density at radius 2 is 2.30 bits per heavy atom. The summed E-state index contributed by atoms with van der Waals surface area (Å²) in [5.74, 6) is 0.0187. The first-order valence-electron chi connectivity index (χ1n) is 8.21. The van der Waals surface area contributed by atoms with E-state index in [2.05, 4.69) is 11.9 Å². The van der Waals surface area contributed by atoms with Gasteiger partial charge >= 0.3 is 0 Å². The standard InChI is InChI=1S/C17H22N2O3S/c1-2-8-19(11-13-5-3-4-9-21-13)16(20)12-6-7-14-15(10-12)22-17(23)18-14/h6-7,10,13H,2-5,8-9,11H2,1H3,(H,18,23)/t13-/m0/s1. The summed E-state index contributed by atoms with van der Waals surface area (Å²) >= 11 is 4.99. The molecule has 2 heterocycles. The molecule has 1 aliphatic rings. The lowest BCUT2D eigenvalue weighted by atomic mass is 10.1. The van der Waals surface area contributed by atoms with E-state index in [0.29, 0.717) is 22.5 Å². The lowest BCUT2D eigenvalue weighted by molar-refractivity contribution is -0.00383. The van der Waals surface area contributed by atoms with Crippen molar-refractivity contribution in [3.8, 4) is 0 Å². The molecule has 0 spiro atoms. The lowest BCUT2D eigenvalue weighted by Gasteiger charge is -2.30. The third-order valence-corrected chi connectivity index (χ3v) is 4.33. The minimum Gasteiger partial charge on any atom is -0.429 e. The first kappa shape index (κ1) is 16.2. The summed E-state index contributed by atoms with van der Waals surface area (Å²) in [6.45, 7) is 4.26. The van der Waals surface area contributed by atoms with Gasteiger partial charge in [0.1, 0.15) is 0 Å². The van der Waals surface area contributed by atoms with Crippen molar-refractivity contribution in [2.75, 3.05) is 19.7 Å². The highest BCUT2D eigenvalue weighted by Crippen LogP contribution is 2.19. The highest BCUT2D eigenvalue weighted by Gasteiger charge is 2.22. The van der Waals surface area contributed by atoms with Crippen molar-refractivity contribution in [1.82, 2.24) is 9.88 Å². The number of carbonyl (C=O) groups excluding carboxylic acids is 1. The van der Waals surface area contributed by atoms with Crippen LogP contribution in [0.1, 0.15) is 43.0 Å². The molecule has 1 aromatic heterocycles. The third-order valence-electron chi connectivity index (χ3n) is 4.15. The molecule has 124 valence electrons. The predicted octanol–water partition coefficient (Wildman–Crippen LogP) is 3.91. The summed E-state index contributed by atoms with van der Waals surface area (Å²) in [7, 11) is 0. The van der Waals surface area contributed by atoms with Crippen LogP contribution in [0.3, 0.4) is 0 Å². The van der Waals surface area contributed by atoms with E-state index >= 15 is 0 Å². The van der Waals surface area contributed by atoms with Gasteiger partial charge < -0.3 is 19.0 Å². The van der Waals surface area contributed by atoms with E-state index in [1.54, 1.807) is 6.07 Å². The third kappa shape index (κ3) is 3.82. The highest BCUT2D eigenvalue weighted by atomic mass is 32.1. The number of aromatic amines is 1. The zero-order chi connectivity index (χ0) is 16.2. The van der Waals surface area contributed by atoms with Gasteiger partial charge in [0.15, 0.2) is 5.58 Å². The molecule has 3 rings (SSSR count). The molecule has 1 aliphatic heterocycles. The van der Waals surface area contributed by atoms with Crippen molar-refractivity contribution in [2.24, 2.45) is 0 Å². The van der Waals surface area contributed by atoms with Crippen LogP contribution in [-0.4, -0.2) is 41.6 Å². The second kappa shape index (κ2) is 7.27. The molecule has 0 radical (unpaired) electrons. The molecule has 0 saturated carbocycles. The summed E-state index contributed by atoms with van der Waals surface area (Å²) in [5, 5.41) is 0. The van der Waals surface area contributed by atoms with Gasteiger partial charge in [-0.15, -0.1) is 0 Å². The number of H-pyrrole nitrogens is 1. The van der Waals surface area contributed by atoms with Gasteiger partial charge in [0.25, 0.3) is 10.7 Å². The van der Waals surface area contributed by atoms with Gasteiger partial charge in [-0.05, 0) is 56.1 Å². The summed E-state index contributed by atoms with van der Waals surface area (Å²) < 4.78 is 11.2. The van der Waals surface area contributed by atoms with E-state index in [9.17, 15) is 4.79 Å². The fraction of sp³-hybridized carbons (Fsp3) is 0.529. The van der Waals surface area contributed by atoms with Crippen molar-refractivity contribution in [2.45, 2.75) is 38.7 Å². The Hall–Kier alpha value is -1.66. The Labute approximate surface area is 140 Å². The van der Waals surface area contributed by atoms with Crippen LogP contribution in [-0.2, 0) is 4.74 Å². The van der Waals surface area contributed by atoms with Crippen molar-refractivity contribution < 1.29 is 13.9 Å². The summed E-state index contributed by atoms with van der Waals surface area (Å²) in [6, 6.07) is 5.41. The average Bonchev–Trinajstić information content (AvgIpc) is 2.94. The Morgan fingerprint density at radius 3 is 3.04 bits per heavy atom. The minimum absolute atomic E-state index is 0.0187. The van der Waals surface area contributed by atoms with Crippen molar-refractivity contribution in [3.05, 3.63) is 28.6 Å². The number of rotatable bonds is 5. The number of amides is 1. The Morgan fingerprint density at radius 1 is 1.43 bits per heavy atom. The van der Waals surface area contributed by atoms with Gasteiger partial charge in [-0.25, -0.2) is 0 Å². The fourth-order valence-electron chi connectivity index (χ4n) is 3.00. The number of fused-ring (bicyclic) bond motifs is 1. The van der Waals surface area contributed by atoms with Crippen LogP contribution >= 0.6 is 12.2 Å². The molecule has 23 heavy (non-hydrogen) atoms. The maximum atomic E-state index is 12.9. The normalized spacial score (nSPS) is 18.2. The number of hydrogen-bond donors (Lipinski definition) is 1. The molecular weight excluding hydrogens is 312 g/mol. The van der Waals surface area contributed by atoms with Gasteiger partial charge in [-0.2, -0.15) is 0 Å². The fourth-order valence-corrected chi connectivity index (χ4v) is 3.20. The first-order chi connectivity index (χ1) is 11.2. The van der Waals surface area contributed by atoms with Crippen LogP contribution in [0.5, 0.6) is 0 Å². The molecule has 0 bridgehead atoms. The number of benzene rings is 1. The second-order valence-corrected chi connectivity index (χ2v) is 6.34. The second-order valence-electron chi connectivity index (χ2n) is 5.97. The van der Waals surface area contributed by atoms with Gasteiger partial charge in [-0.3, -0.25) is 4.79 Å². The SMILES string of the molecule is CCCN(C[C@@H]1CCCCO1)C(=O)c1ccc2[nH]c(=S)oc2c1. The maximum Gasteiger partial charge on any atom is 0.266 e. The van der Waals surface area contributed by atoms with Crippen LogP contribution in [0.25, 0.3) is 11.1 Å². The Balaban J connectivity index is 1.78. The molecule has 1 atom stereocenters. The lowest BCUT2D eigenvalue weighted by Crippen LogP contribution is -2.40. The molecule has 1 saturated heterocycles. The van der Waals surface area contributed by atoms with Crippen LogP contribution in [0, 0.1) is 4.84 Å². The average molecular weight is 334 g/mol. The number of carbonyl (C=O) groups is 1. The summed E-state index contributed by atoms with van der Waals surface area (Å²) in [6.07, 6.45) is 4.39. The first-order valence-corrected chi connectivity index (χ1v) is 8.62. The minimum atomic E-state index is 0.0187. The van der Waals surface area contributed by atoms with Crippen LogP contribution in [0.4, 0.5) is 0 Å². The number of nitrogens with one attached hydrogen (secondary N) is 1. The number of nitrogens with zero attached hydrogens (tertiary/aromatic N) is 1. The van der Waals surface area contributed by atoms with Gasteiger partial charge in [0.2, 0.25) is 0 Å². The van der Waals surface area contributed by atoms with Gasteiger partial charge in [-0.1, -0.05) is 6.92 Å². The van der Waals surface area contributed by atoms with Crippen molar-refractivity contribution in [3.63, 3.8) is 0 Å². The molecule has 0 aliphatic carbocycles. The van der Waals surface area contributed by atoms with Crippen molar-refractivity contribution in [1.29, 1.82) is 0 Å². The summed E-state index contributed by atoms with van der Waals surface area (Å²) in [4.78, 5) is 18.0. The molecular formula is C17H22N2O3S. The van der Waals surface area contributed by atoms with E-state index < -0.39 is 0 Å². The number of ether oxygens (including phenoxy) is 1. The molecule has 1 N–H and O–H groups in total. The van der Waals surface area contributed by atoms with E-state index in [-0.39, 0.29) is 12.0 Å². The quantitative estimate of drug-likeness (QED) is 0.842. The van der Waals surface area contributed by atoms with E-state index in [0.717, 1.165) is 37.9 Å². The molecule has 2 aromatic rings. The summed E-state index contributed by atoms with van der Waals surface area (Å²) in [5.41, 5.74) is 2.05. The van der Waals surface area contributed by atoms with E-state index in [4.69, 9.17) is 21.4 Å². The van der Waals surface area contributed by atoms with E-state index in [1.807, 2.05) is 17.0 Å². The zero-order valence-corrected chi connectivity index (χ0v) is 14.2. The van der Waals surface area contributed by atoms with Crippen LogP contribution < -0.4 is 0 Å². The van der Waals surface area contributed by atoms with Crippen LogP contribution in [0.2, 0.25) is 0 Å². The van der Waals surface area contributed by atoms with Crippen LogP contribution in [0.15, 0.2) is 22.6 Å². The Bertz CT molecular complexity index is 731. The molecule has 0 unspecified atom stereocenters. The number of aromatic nitrogens is 1.